The summed E-state index contributed by atoms with van der Waals surface area (Å²) in [5, 5.41) is 11.0. The highest BCUT2D eigenvalue weighted by Gasteiger charge is 2.27. The second-order valence-electron chi connectivity index (χ2n) is 12.9. The first-order chi connectivity index (χ1) is 24.0. The molecule has 1 N–H and O–H groups in total. The van der Waals surface area contributed by atoms with Gasteiger partial charge in [-0.25, -0.2) is 4.98 Å². The summed E-state index contributed by atoms with van der Waals surface area (Å²) in [4.78, 5) is 10.3. The van der Waals surface area contributed by atoms with Crippen LogP contribution < -0.4 is 0 Å². The van der Waals surface area contributed by atoms with Crippen LogP contribution in [0.2, 0.25) is 0 Å². The molecular formula is C45H35N3O. The van der Waals surface area contributed by atoms with Gasteiger partial charge in [-0.2, -0.15) is 0 Å². The predicted molar refractivity (Wildman–Crippen MR) is 201 cm³/mol. The minimum atomic E-state index is -0.283. The molecule has 2 heterocycles. The van der Waals surface area contributed by atoms with Gasteiger partial charge in [0, 0.05) is 28.4 Å². The molecule has 2 aromatic heterocycles. The second-order valence-corrected chi connectivity index (χ2v) is 12.9. The van der Waals surface area contributed by atoms with Gasteiger partial charge >= 0.3 is 0 Å². The molecule has 0 bridgehead atoms. The van der Waals surface area contributed by atoms with E-state index < -0.39 is 0 Å². The van der Waals surface area contributed by atoms with Crippen LogP contribution in [0.25, 0.3) is 61.6 Å². The van der Waals surface area contributed by atoms with E-state index in [1.54, 1.807) is 6.07 Å². The molecule has 4 nitrogen and oxygen atoms in total. The summed E-state index contributed by atoms with van der Waals surface area (Å²) in [5.74, 6) is 0.872. The number of rotatable bonds is 7. The zero-order valence-electron chi connectivity index (χ0n) is 27.5. The summed E-state index contributed by atoms with van der Waals surface area (Å²) < 4.78 is 2.13. The highest BCUT2D eigenvalue weighted by Crippen LogP contribution is 2.42. The fourth-order valence-corrected chi connectivity index (χ4v) is 6.88. The summed E-state index contributed by atoms with van der Waals surface area (Å²) in [7, 11) is 0. The summed E-state index contributed by atoms with van der Waals surface area (Å²) in [5.41, 5.74) is 11.8. The molecule has 0 unspecified atom stereocenters. The normalized spacial score (nSPS) is 11.6. The van der Waals surface area contributed by atoms with E-state index in [1.165, 1.54) is 5.56 Å². The zero-order chi connectivity index (χ0) is 33.4. The quantitative estimate of drug-likeness (QED) is 0.190. The number of para-hydroxylation sites is 3. The molecule has 49 heavy (non-hydrogen) atoms. The highest BCUT2D eigenvalue weighted by molar-refractivity contribution is 5.97. The highest BCUT2D eigenvalue weighted by atomic mass is 16.3. The third kappa shape index (κ3) is 5.47. The van der Waals surface area contributed by atoms with E-state index in [1.807, 2.05) is 54.7 Å². The average Bonchev–Trinajstić information content (AvgIpc) is 3.55. The molecule has 0 saturated heterocycles. The van der Waals surface area contributed by atoms with E-state index in [4.69, 9.17) is 9.97 Å². The van der Waals surface area contributed by atoms with Crippen molar-refractivity contribution in [3.05, 3.63) is 181 Å². The maximum atomic E-state index is 11.0. The van der Waals surface area contributed by atoms with Gasteiger partial charge in [0.25, 0.3) is 0 Å². The summed E-state index contributed by atoms with van der Waals surface area (Å²) in [6.07, 6.45) is 1.88. The van der Waals surface area contributed by atoms with Crippen molar-refractivity contribution in [1.29, 1.82) is 0 Å². The standard InChI is InChI=1S/C45H35N3O/c1-45(2,35-18-8-4-9-19-35)39-24-15-27-46-42(39)34-29-32(31-16-6-3-7-17-31)28-33(30-34)37-23-14-25-40-43(37)47-44(38-22-12-13-26-41(38)49)48(40)36-20-10-5-11-21-36/h3-30,49H,1-2H3. The number of imidazole rings is 1. The number of benzene rings is 6. The molecule has 0 amide bonds. The van der Waals surface area contributed by atoms with Crippen LogP contribution in [-0.4, -0.2) is 19.6 Å². The van der Waals surface area contributed by atoms with Gasteiger partial charge in [-0.05, 0) is 82.4 Å². The van der Waals surface area contributed by atoms with Gasteiger partial charge in [-0.15, -0.1) is 0 Å². The van der Waals surface area contributed by atoms with E-state index in [2.05, 4.69) is 128 Å². The third-order valence-corrected chi connectivity index (χ3v) is 9.45. The zero-order valence-corrected chi connectivity index (χ0v) is 27.5. The van der Waals surface area contributed by atoms with Gasteiger partial charge in [0.05, 0.1) is 22.3 Å². The van der Waals surface area contributed by atoms with Crippen molar-refractivity contribution in [2.75, 3.05) is 0 Å². The SMILES string of the molecule is CC(C)(c1ccccc1)c1cccnc1-c1cc(-c2ccccc2)cc(-c2cccc3c2nc(-c2ccccc2O)n3-c2ccccc2)c1. The van der Waals surface area contributed by atoms with Gasteiger partial charge in [0.1, 0.15) is 11.6 Å². The molecule has 8 rings (SSSR count). The fraction of sp³-hybridized carbons (Fsp3) is 0.0667. The Labute approximate surface area is 286 Å². The first-order valence-corrected chi connectivity index (χ1v) is 16.6. The lowest BCUT2D eigenvalue weighted by atomic mass is 9.76. The van der Waals surface area contributed by atoms with Crippen LogP contribution in [0, 0.1) is 0 Å². The Morgan fingerprint density at radius 1 is 0.551 bits per heavy atom. The van der Waals surface area contributed by atoms with Crippen LogP contribution in [0.15, 0.2) is 170 Å². The minimum absolute atomic E-state index is 0.189. The smallest absolute Gasteiger partial charge is 0.149 e. The number of fused-ring (bicyclic) bond motifs is 1. The lowest BCUT2D eigenvalue weighted by molar-refractivity contribution is 0.477. The van der Waals surface area contributed by atoms with Crippen molar-refractivity contribution in [3.63, 3.8) is 0 Å². The molecule has 0 fully saturated rings. The molecule has 236 valence electrons. The number of pyridine rings is 1. The van der Waals surface area contributed by atoms with Crippen LogP contribution >= 0.6 is 0 Å². The number of phenols is 1. The molecule has 0 aliphatic carbocycles. The Morgan fingerprint density at radius 2 is 1.18 bits per heavy atom. The van der Waals surface area contributed by atoms with E-state index in [9.17, 15) is 5.11 Å². The average molecular weight is 634 g/mol. The number of nitrogens with zero attached hydrogens (tertiary/aromatic N) is 3. The number of hydrogen-bond acceptors (Lipinski definition) is 3. The van der Waals surface area contributed by atoms with Crippen LogP contribution in [0.4, 0.5) is 0 Å². The minimum Gasteiger partial charge on any atom is -0.507 e. The maximum Gasteiger partial charge on any atom is 0.149 e. The van der Waals surface area contributed by atoms with E-state index in [0.717, 1.165) is 55.8 Å². The van der Waals surface area contributed by atoms with E-state index in [0.29, 0.717) is 11.4 Å². The summed E-state index contributed by atoms with van der Waals surface area (Å²) >= 11 is 0. The van der Waals surface area contributed by atoms with Crippen LogP contribution in [0.1, 0.15) is 25.0 Å². The van der Waals surface area contributed by atoms with Crippen molar-refractivity contribution in [2.45, 2.75) is 19.3 Å². The maximum absolute atomic E-state index is 11.0. The Hall–Kier alpha value is -6.26. The molecule has 0 saturated carbocycles. The van der Waals surface area contributed by atoms with Crippen LogP contribution in [-0.2, 0) is 5.41 Å². The largest absolute Gasteiger partial charge is 0.507 e. The van der Waals surface area contributed by atoms with Gasteiger partial charge in [0.2, 0.25) is 0 Å². The van der Waals surface area contributed by atoms with Crippen molar-refractivity contribution in [3.8, 4) is 56.3 Å². The Bertz CT molecular complexity index is 2410. The molecule has 0 radical (unpaired) electrons. The Morgan fingerprint density at radius 3 is 1.94 bits per heavy atom. The van der Waals surface area contributed by atoms with Crippen molar-refractivity contribution in [1.82, 2.24) is 14.5 Å². The predicted octanol–water partition coefficient (Wildman–Crippen LogP) is 11.1. The first kappa shape index (κ1) is 30.1. The van der Waals surface area contributed by atoms with Crippen LogP contribution in [0.3, 0.4) is 0 Å². The lowest BCUT2D eigenvalue weighted by Gasteiger charge is -2.28. The molecule has 0 aliphatic heterocycles. The Balaban J connectivity index is 1.39. The van der Waals surface area contributed by atoms with Crippen molar-refractivity contribution >= 4 is 11.0 Å². The molecule has 0 spiro atoms. The van der Waals surface area contributed by atoms with Gasteiger partial charge in [-0.1, -0.05) is 123 Å². The lowest BCUT2D eigenvalue weighted by Crippen LogP contribution is -2.20. The number of hydrogen-bond donors (Lipinski definition) is 1. The number of aromatic hydroxyl groups is 1. The first-order valence-electron chi connectivity index (χ1n) is 16.6. The molecule has 0 atom stereocenters. The summed E-state index contributed by atoms with van der Waals surface area (Å²) in [6.45, 7) is 4.53. The van der Waals surface area contributed by atoms with Crippen molar-refractivity contribution in [2.24, 2.45) is 0 Å². The van der Waals surface area contributed by atoms with E-state index in [-0.39, 0.29) is 11.2 Å². The molecule has 6 aromatic carbocycles. The second kappa shape index (κ2) is 12.4. The molecule has 8 aromatic rings. The van der Waals surface area contributed by atoms with Gasteiger partial charge < -0.3 is 5.11 Å². The van der Waals surface area contributed by atoms with Gasteiger partial charge in [0.15, 0.2) is 0 Å². The molecule has 0 aliphatic rings. The fourth-order valence-electron chi connectivity index (χ4n) is 6.88. The van der Waals surface area contributed by atoms with Crippen molar-refractivity contribution < 1.29 is 5.11 Å². The molecule has 4 heteroatoms. The molecular weight excluding hydrogens is 599 g/mol. The number of phenolic OH excluding ortho intramolecular Hbond substituents is 1. The topological polar surface area (TPSA) is 50.9 Å². The van der Waals surface area contributed by atoms with E-state index >= 15 is 0 Å². The van der Waals surface area contributed by atoms with Gasteiger partial charge in [-0.3, -0.25) is 9.55 Å². The third-order valence-electron chi connectivity index (χ3n) is 9.45. The number of aromatic nitrogens is 3. The monoisotopic (exact) mass is 633 g/mol. The van der Waals surface area contributed by atoms with Crippen LogP contribution in [0.5, 0.6) is 5.75 Å². The summed E-state index contributed by atoms with van der Waals surface area (Å²) in [6, 6.07) is 56.0. The Kier molecular flexibility index (Phi) is 7.62.